The molecule has 13 heteroatoms. The van der Waals surface area contributed by atoms with E-state index in [9.17, 15) is 0 Å². The summed E-state index contributed by atoms with van der Waals surface area (Å²) < 4.78 is 30.9. The summed E-state index contributed by atoms with van der Waals surface area (Å²) >= 11 is -5.95. The first kappa shape index (κ1) is 67.3. The Labute approximate surface area is 616 Å². The number of para-hydroxylation sites is 4. The first-order valence-electron chi connectivity index (χ1n) is 35.9. The van der Waals surface area contributed by atoms with Gasteiger partial charge < -0.3 is 9.97 Å². The van der Waals surface area contributed by atoms with Crippen molar-refractivity contribution >= 4 is 44.1 Å². The normalized spacial score (nSPS) is 12.0. The van der Waals surface area contributed by atoms with Crippen LogP contribution in [0.3, 0.4) is 0 Å². The van der Waals surface area contributed by atoms with E-state index in [1.165, 1.54) is 0 Å². The molecular weight excluding hydrogens is 1350 g/mol. The number of benzene rings is 12. The molecule has 2 aliphatic heterocycles. The van der Waals surface area contributed by atoms with Gasteiger partial charge in [-0.15, -0.1) is 0 Å². The van der Waals surface area contributed by atoms with Gasteiger partial charge in [0.25, 0.3) is 0 Å². The van der Waals surface area contributed by atoms with Crippen LogP contribution in [0.4, 0.5) is 0 Å². The van der Waals surface area contributed by atoms with Crippen molar-refractivity contribution in [3.8, 4) is 68.5 Å². The predicted octanol–water partition coefficient (Wildman–Crippen LogP) is 22.3. The molecule has 0 saturated carbocycles. The molecule has 0 saturated heterocycles. The summed E-state index contributed by atoms with van der Waals surface area (Å²) in [4.78, 5) is 36.8. The van der Waals surface area contributed by atoms with Gasteiger partial charge in [-0.2, -0.15) is 0 Å². The second kappa shape index (κ2) is 27.5. The number of fused-ring (bicyclic) bond motifs is 20. The van der Waals surface area contributed by atoms with Crippen molar-refractivity contribution in [1.82, 2.24) is 39.9 Å². The Morgan fingerprint density at radius 1 is 0.219 bits per heavy atom. The molecule has 15 aromatic rings. The minimum Gasteiger partial charge on any atom is -0.324 e. The van der Waals surface area contributed by atoms with E-state index in [-0.39, 0.29) is 0 Å². The molecule has 17 rings (SSSR count). The van der Waals surface area contributed by atoms with Crippen LogP contribution in [0.5, 0.6) is 23.0 Å². The zero-order valence-corrected chi connectivity index (χ0v) is 63.0. The minimum absolute atomic E-state index is 0.468. The van der Waals surface area contributed by atoms with Crippen molar-refractivity contribution < 1.29 is 30.5 Å². The van der Waals surface area contributed by atoms with Gasteiger partial charge in [0.05, 0.1) is 0 Å². The fourth-order valence-electron chi connectivity index (χ4n) is 15.0. The minimum atomic E-state index is -5.95. The van der Waals surface area contributed by atoms with E-state index in [0.717, 1.165) is 88.3 Å². The van der Waals surface area contributed by atoms with Crippen molar-refractivity contribution in [3.05, 3.63) is 360 Å². The summed E-state index contributed by atoms with van der Waals surface area (Å²) in [5, 5.41) is 3.82. The van der Waals surface area contributed by atoms with Crippen molar-refractivity contribution in [3.63, 3.8) is 0 Å². The number of nitrogens with one attached hydrogen (secondary N) is 2. The van der Waals surface area contributed by atoms with Crippen LogP contribution in [0, 0.1) is 0 Å². The third-order valence-electron chi connectivity index (χ3n) is 21.0. The zero-order chi connectivity index (χ0) is 71.9. The maximum atomic E-state index is 7.73. The first-order valence-corrected chi connectivity index (χ1v) is 40.8. The Bertz CT molecular complexity index is 5190. The molecule has 12 nitrogen and oxygen atoms in total. The molecule has 5 heterocycles. The Hall–Kier alpha value is -12.2. The van der Waals surface area contributed by atoms with Gasteiger partial charge in [0.2, 0.25) is 0 Å². The van der Waals surface area contributed by atoms with Crippen LogP contribution in [0.2, 0.25) is 0 Å². The number of aromatic amines is 2. The van der Waals surface area contributed by atoms with E-state index in [1.807, 2.05) is 146 Å². The van der Waals surface area contributed by atoms with E-state index < -0.39 is 37.9 Å². The van der Waals surface area contributed by atoms with Gasteiger partial charge in [-0.05, 0) is 0 Å². The molecule has 2 N–H and O–H groups in total. The van der Waals surface area contributed by atoms with Gasteiger partial charge >= 0.3 is 393 Å². The fraction of sp³-hybridized carbons (Fsp3) is 0.130. The molecule has 0 fully saturated rings. The van der Waals surface area contributed by atoms with Gasteiger partial charge in [-0.3, -0.25) is 0 Å². The van der Waals surface area contributed by atoms with E-state index in [2.05, 4.69) is 235 Å². The number of nitrogens with zero attached hydrogens (tertiary/aromatic N) is 6. The molecule has 0 radical (unpaired) electrons. The molecule has 0 aliphatic carbocycles. The van der Waals surface area contributed by atoms with Gasteiger partial charge in [-0.1, -0.05) is 97.1 Å². The van der Waals surface area contributed by atoms with Crippen molar-refractivity contribution in [2.24, 2.45) is 0 Å². The molecule has 0 unspecified atom stereocenters. The van der Waals surface area contributed by atoms with E-state index in [4.69, 9.17) is 44.2 Å². The molecule has 0 amide bonds. The largest absolute Gasteiger partial charge is 0.324 e. The van der Waals surface area contributed by atoms with Crippen LogP contribution in [-0.2, 0) is 37.9 Å². The van der Waals surface area contributed by atoms with Crippen molar-refractivity contribution in [2.75, 3.05) is 0 Å². The Kier molecular flexibility index (Phi) is 17.7. The van der Waals surface area contributed by atoms with Gasteiger partial charge in [-0.25, -0.2) is 29.9 Å². The van der Waals surface area contributed by atoms with Crippen molar-refractivity contribution in [2.45, 2.75) is 77.0 Å². The average molecular weight is 1430 g/mol. The first-order chi connectivity index (χ1) is 51.0. The SMILES string of the molecule is CC(C)(c1ccccc1)c1ccccc1[O][Zn]([O]c1ccccc1C(C)(C)c1ccccc1)([O]c1ccccc1C(C)(C)c1ccccc1)[O]c1ccccc1C(C)(C)c1ccccc1.c1ccc2c(c1)-c1nc-2nc2[nH]c(nc3nc(nc4[nH]c(n1)c1ccccc41)-c1ccccc1-3)c1ccccc21. The molecule has 512 valence electrons. The topological polar surface area (TPSA) is 146 Å². The zero-order valence-electron chi connectivity index (χ0n) is 60.0. The van der Waals surface area contributed by atoms with Crippen LogP contribution in [0.15, 0.2) is 315 Å². The van der Waals surface area contributed by atoms with Crippen LogP contribution < -0.4 is 14.3 Å². The third-order valence-corrected chi connectivity index (χ3v) is 26.6. The van der Waals surface area contributed by atoms with Gasteiger partial charge in [0.1, 0.15) is 22.6 Å². The van der Waals surface area contributed by atoms with Crippen LogP contribution in [0.1, 0.15) is 99.9 Å². The number of aromatic nitrogens is 8. The summed E-state index contributed by atoms with van der Waals surface area (Å²) in [6.07, 6.45) is 0. The summed E-state index contributed by atoms with van der Waals surface area (Å²) in [6, 6.07) is 108. The molecular formula is C92H78N8O4Zn. The molecule has 3 aromatic heterocycles. The second-order valence-corrected chi connectivity index (χ2v) is 34.4. The maximum Gasteiger partial charge on any atom is 0.164 e. The van der Waals surface area contributed by atoms with E-state index in [1.54, 1.807) is 0 Å². The Morgan fingerprint density at radius 3 is 0.638 bits per heavy atom. The molecule has 105 heavy (non-hydrogen) atoms. The fourth-order valence-corrected chi connectivity index (χ4v) is 21.1. The number of H-pyrrole nitrogens is 2. The van der Waals surface area contributed by atoms with E-state index in [0.29, 0.717) is 68.9 Å². The summed E-state index contributed by atoms with van der Waals surface area (Å²) in [7, 11) is 0. The van der Waals surface area contributed by atoms with Crippen LogP contribution in [0.25, 0.3) is 89.7 Å². The third kappa shape index (κ3) is 12.9. The molecule has 12 aromatic carbocycles. The summed E-state index contributed by atoms with van der Waals surface area (Å²) in [6.45, 7) is 17.9. The number of hydrogen-bond acceptors (Lipinski definition) is 10. The second-order valence-electron chi connectivity index (χ2n) is 29.0. The standard InChI is InChI=1S/C32H18N8.4C15H16O.Zn/c1-2-10-18-17(9-1)25-33-26(18)38-28-21-13-5-6-14-22(21)30(35-28)40-32-24-16-8-7-15-23(24)31(36-32)39-29-20-12-4-3-11-19(20)27(34-29)37-25;4*1-15(2,12-8-4-3-5-9-12)13-10-6-7-11-14(13)16;/h1-16H,(H2,33,34,35,36,37,38,39,40);4*3-11,16H,1-2H3;/q;;;;;+4/p-4. The molecule has 8 bridgehead atoms. The summed E-state index contributed by atoms with van der Waals surface area (Å²) in [5.41, 5.74) is 13.1. The molecule has 2 aliphatic rings. The van der Waals surface area contributed by atoms with Gasteiger partial charge in [0, 0.05) is 43.8 Å². The Balaban J connectivity index is 0.000000179. The number of rotatable bonds is 16. The quantitative estimate of drug-likeness (QED) is 0.0897. The summed E-state index contributed by atoms with van der Waals surface area (Å²) in [5.74, 6) is 4.95. The predicted molar refractivity (Wildman–Crippen MR) is 419 cm³/mol. The molecule has 0 atom stereocenters. The Morgan fingerprint density at radius 2 is 0.410 bits per heavy atom. The monoisotopic (exact) mass is 1420 g/mol. The van der Waals surface area contributed by atoms with Crippen molar-refractivity contribution in [1.29, 1.82) is 0 Å². The number of hydrogen-bond donors (Lipinski definition) is 2. The van der Waals surface area contributed by atoms with Gasteiger partial charge in [0.15, 0.2) is 23.3 Å². The molecule has 0 spiro atoms. The maximum absolute atomic E-state index is 7.73. The smallest absolute Gasteiger partial charge is 0.164 e. The van der Waals surface area contributed by atoms with E-state index >= 15 is 0 Å². The van der Waals surface area contributed by atoms with Crippen LogP contribution in [-0.4, -0.2) is 39.9 Å². The average Bonchev–Trinajstić information content (AvgIpc) is 1.23. The van der Waals surface area contributed by atoms with Crippen LogP contribution >= 0.6 is 0 Å².